The molecule has 434 valence electrons. The summed E-state index contributed by atoms with van der Waals surface area (Å²) in [5.41, 5.74) is 29.8. The first-order valence-electron chi connectivity index (χ1n) is 31.8. The Hall–Kier alpha value is -10.9. The van der Waals surface area contributed by atoms with Crippen molar-refractivity contribution < 1.29 is 8.83 Å². The van der Waals surface area contributed by atoms with E-state index in [1.807, 2.05) is 6.07 Å². The van der Waals surface area contributed by atoms with Gasteiger partial charge in [0.15, 0.2) is 0 Å². The number of fused-ring (bicyclic) bond motifs is 10. The predicted molar refractivity (Wildman–Crippen MR) is 385 cm³/mol. The van der Waals surface area contributed by atoms with Gasteiger partial charge in [-0.2, -0.15) is 0 Å². The van der Waals surface area contributed by atoms with E-state index < -0.39 is 0 Å². The Kier molecular flexibility index (Phi) is 12.5. The first-order valence-corrected chi connectivity index (χ1v) is 31.8. The van der Waals surface area contributed by atoms with Crippen LogP contribution in [0.1, 0.15) is 52.7 Å². The molecule has 0 N–H and O–H groups in total. The van der Waals surface area contributed by atoms with Gasteiger partial charge in [0.2, 0.25) is 0 Å². The molecule has 2 aliphatic heterocycles. The van der Waals surface area contributed by atoms with E-state index in [9.17, 15) is 0 Å². The van der Waals surface area contributed by atoms with Crippen molar-refractivity contribution >= 4 is 101 Å². The molecule has 0 aliphatic carbocycles. The van der Waals surface area contributed by atoms with Gasteiger partial charge in [0.1, 0.15) is 22.3 Å². The molecule has 4 heterocycles. The molecule has 0 saturated carbocycles. The quantitative estimate of drug-likeness (QED) is 0.142. The van der Waals surface area contributed by atoms with Crippen LogP contribution in [0.4, 0.5) is 34.1 Å². The van der Waals surface area contributed by atoms with Crippen molar-refractivity contribution in [1.82, 2.24) is 0 Å². The Labute approximate surface area is 532 Å². The van der Waals surface area contributed by atoms with Crippen LogP contribution >= 0.6 is 0 Å². The fourth-order valence-electron chi connectivity index (χ4n) is 14.4. The van der Waals surface area contributed by atoms with Gasteiger partial charge in [-0.3, -0.25) is 0 Å². The summed E-state index contributed by atoms with van der Waals surface area (Å²) in [6, 6.07) is 106. The first-order chi connectivity index (χ1) is 44.3. The normalized spacial score (nSPS) is 12.9. The Morgan fingerprint density at radius 3 is 1.12 bits per heavy atom. The molecule has 5 heteroatoms. The summed E-state index contributed by atoms with van der Waals surface area (Å²) in [5.74, 6) is 0. The van der Waals surface area contributed by atoms with Crippen molar-refractivity contribution in [3.05, 3.63) is 296 Å². The summed E-state index contributed by atoms with van der Waals surface area (Å²) in [7, 11) is 0. The smallest absolute Gasteiger partial charge is 0.252 e. The van der Waals surface area contributed by atoms with Gasteiger partial charge >= 0.3 is 0 Å². The number of benzene rings is 13. The van der Waals surface area contributed by atoms with Crippen molar-refractivity contribution in [3.8, 4) is 66.8 Å². The first kappa shape index (κ1) is 54.3. The van der Waals surface area contributed by atoms with Crippen LogP contribution in [0.2, 0.25) is 0 Å². The SMILES string of the molecule is CC(C)(C)c1ccc2c(c1)B1c3cc(C(C)(C)C)ccc3N(c3cc(-c4ccccc4)cc(-c4ccccc4)c3)c3cc(-c4cc(-c5ccc6oc7ccccc7c6c5)c5oc6ccccc6c5c4)cc(c31)N2c1cc(-c2ccccc2)cc(-c2ccccc2)c1. The number of rotatable bonds is 8. The molecular formula is C86H65BN2O2. The molecule has 0 bridgehead atoms. The van der Waals surface area contributed by atoms with Gasteiger partial charge in [0, 0.05) is 61.2 Å². The lowest BCUT2D eigenvalue weighted by Crippen LogP contribution is -2.61. The number of hydrogen-bond acceptors (Lipinski definition) is 4. The maximum Gasteiger partial charge on any atom is 0.252 e. The van der Waals surface area contributed by atoms with E-state index in [0.29, 0.717) is 0 Å². The Morgan fingerprint density at radius 2 is 0.659 bits per heavy atom. The van der Waals surface area contributed by atoms with Crippen molar-refractivity contribution in [3.63, 3.8) is 0 Å². The standard InChI is InChI=1S/C86H65BN2O2/c1-85(2,3)65-36-38-76-74(52-65)87-75-53-66(86(4,5)6)37-39-77(75)89(68-45-61(56-27-15-9-16-28-56)42-62(46-68)57-29-17-10-18-30-57)79-51-64(50-78(83(79)87)88(76)67-43-59(54-23-11-7-12-24-54)41-60(44-67)55-25-13-8-14-26-55)63-48-71(84-73(49-63)70-32-20-22-34-81(70)91-84)58-35-40-82-72(47-58)69-31-19-21-33-80(69)90-82/h7-53H,1-6H3. The maximum atomic E-state index is 7.01. The number of furan rings is 2. The van der Waals surface area contributed by atoms with Gasteiger partial charge < -0.3 is 18.6 Å². The second-order valence-electron chi connectivity index (χ2n) is 26.9. The molecule has 0 atom stereocenters. The van der Waals surface area contributed by atoms with E-state index in [1.54, 1.807) is 0 Å². The molecule has 2 aromatic heterocycles. The maximum absolute atomic E-state index is 7.01. The number of nitrogens with zero attached hydrogens (tertiary/aromatic N) is 2. The van der Waals surface area contributed by atoms with E-state index in [2.05, 4.69) is 330 Å². The van der Waals surface area contributed by atoms with Gasteiger partial charge in [-0.25, -0.2) is 0 Å². The summed E-state index contributed by atoms with van der Waals surface area (Å²) < 4.78 is 13.5. The van der Waals surface area contributed by atoms with Crippen LogP contribution in [0.25, 0.3) is 111 Å². The third-order valence-corrected chi connectivity index (χ3v) is 19.1. The summed E-state index contributed by atoms with van der Waals surface area (Å²) in [6.45, 7) is 13.9. The monoisotopic (exact) mass is 1170 g/mol. The predicted octanol–water partition coefficient (Wildman–Crippen LogP) is 22.2. The minimum absolute atomic E-state index is 0.133. The van der Waals surface area contributed by atoms with Gasteiger partial charge in [0.25, 0.3) is 6.71 Å². The molecule has 0 unspecified atom stereocenters. The van der Waals surface area contributed by atoms with Crippen LogP contribution in [-0.2, 0) is 10.8 Å². The van der Waals surface area contributed by atoms with Crippen molar-refractivity contribution in [1.29, 1.82) is 0 Å². The molecule has 0 radical (unpaired) electrons. The summed E-state index contributed by atoms with van der Waals surface area (Å²) in [4.78, 5) is 5.22. The molecule has 0 amide bonds. The Morgan fingerprint density at radius 1 is 0.275 bits per heavy atom. The van der Waals surface area contributed by atoms with Crippen molar-refractivity contribution in [2.75, 3.05) is 9.80 Å². The lowest BCUT2D eigenvalue weighted by molar-refractivity contribution is 0.590. The van der Waals surface area contributed by atoms with Crippen LogP contribution in [0.5, 0.6) is 0 Å². The molecule has 0 spiro atoms. The van der Waals surface area contributed by atoms with Crippen molar-refractivity contribution in [2.24, 2.45) is 0 Å². The molecule has 17 rings (SSSR count). The molecule has 15 aromatic rings. The second-order valence-corrected chi connectivity index (χ2v) is 26.9. The van der Waals surface area contributed by atoms with E-state index in [0.717, 1.165) is 145 Å². The fraction of sp³-hybridized carbons (Fsp3) is 0.0930. The summed E-state index contributed by atoms with van der Waals surface area (Å²) >= 11 is 0. The van der Waals surface area contributed by atoms with Gasteiger partial charge in [-0.05, 0) is 197 Å². The van der Waals surface area contributed by atoms with Crippen molar-refractivity contribution in [2.45, 2.75) is 52.4 Å². The van der Waals surface area contributed by atoms with Crippen LogP contribution in [0, 0.1) is 0 Å². The molecule has 0 fully saturated rings. The van der Waals surface area contributed by atoms with E-state index >= 15 is 0 Å². The highest BCUT2D eigenvalue weighted by molar-refractivity contribution is 7.00. The minimum atomic E-state index is -0.148. The number of hydrogen-bond donors (Lipinski definition) is 0. The lowest BCUT2D eigenvalue weighted by atomic mass is 9.33. The fourth-order valence-corrected chi connectivity index (χ4v) is 14.4. The average molecular weight is 1170 g/mol. The lowest BCUT2D eigenvalue weighted by Gasteiger charge is -2.45. The van der Waals surface area contributed by atoms with E-state index in [-0.39, 0.29) is 17.5 Å². The number of anilines is 6. The van der Waals surface area contributed by atoms with Crippen LogP contribution in [0.15, 0.2) is 294 Å². The van der Waals surface area contributed by atoms with E-state index in [4.69, 9.17) is 8.83 Å². The molecule has 91 heavy (non-hydrogen) atoms. The topological polar surface area (TPSA) is 32.8 Å². The van der Waals surface area contributed by atoms with Gasteiger partial charge in [-0.15, -0.1) is 0 Å². The van der Waals surface area contributed by atoms with Crippen LogP contribution < -0.4 is 26.2 Å². The van der Waals surface area contributed by atoms with Gasteiger partial charge in [0.05, 0.1) is 0 Å². The molecule has 2 aliphatic rings. The summed E-state index contributed by atoms with van der Waals surface area (Å²) in [5, 5.41) is 4.29. The zero-order valence-electron chi connectivity index (χ0n) is 51.9. The summed E-state index contributed by atoms with van der Waals surface area (Å²) in [6.07, 6.45) is 0. The molecule has 0 saturated heterocycles. The Bertz CT molecular complexity index is 5050. The molecular weight excluding hydrogens is 1100 g/mol. The van der Waals surface area contributed by atoms with Crippen LogP contribution in [-0.4, -0.2) is 6.71 Å². The largest absolute Gasteiger partial charge is 0.456 e. The highest BCUT2D eigenvalue weighted by atomic mass is 16.3. The highest BCUT2D eigenvalue weighted by Crippen LogP contribution is 2.51. The zero-order valence-corrected chi connectivity index (χ0v) is 51.9. The highest BCUT2D eigenvalue weighted by Gasteiger charge is 2.45. The Balaban J connectivity index is 1.02. The average Bonchev–Trinajstić information content (AvgIpc) is 1.27. The third-order valence-electron chi connectivity index (χ3n) is 19.1. The third kappa shape index (κ3) is 9.20. The molecule has 13 aromatic carbocycles. The van der Waals surface area contributed by atoms with E-state index in [1.165, 1.54) is 27.5 Å². The van der Waals surface area contributed by atoms with Crippen LogP contribution in [0.3, 0.4) is 0 Å². The minimum Gasteiger partial charge on any atom is -0.456 e. The zero-order chi connectivity index (χ0) is 61.3. The molecule has 4 nitrogen and oxygen atoms in total. The second kappa shape index (κ2) is 20.9. The number of para-hydroxylation sites is 2. The van der Waals surface area contributed by atoms with Gasteiger partial charge in [-0.1, -0.05) is 230 Å².